The molecule has 1 N–H and O–H groups in total. The zero-order valence-corrected chi connectivity index (χ0v) is 13.7. The van der Waals surface area contributed by atoms with Crippen molar-refractivity contribution in [1.82, 2.24) is 10.2 Å². The highest BCUT2D eigenvalue weighted by molar-refractivity contribution is 8.00. The molecule has 114 valence electrons. The zero-order chi connectivity index (χ0) is 14.8. The standard InChI is InChI=1S/C17H24N2OS/c1-12(2)13-5-7-14(8-6-13)17-18-10-16(20)19(17)11-15-4-3-9-21-15/h5-8,12,15,17-18H,3-4,9-11H2,1-2H3. The number of amides is 1. The highest BCUT2D eigenvalue weighted by Crippen LogP contribution is 2.31. The van der Waals surface area contributed by atoms with Crippen molar-refractivity contribution in [2.45, 2.75) is 44.0 Å². The molecule has 3 nitrogen and oxygen atoms in total. The second-order valence-corrected chi connectivity index (χ2v) is 7.69. The molecule has 1 amide bonds. The summed E-state index contributed by atoms with van der Waals surface area (Å²) in [5.74, 6) is 2.03. The average molecular weight is 304 g/mol. The predicted octanol–water partition coefficient (Wildman–Crippen LogP) is 3.14. The summed E-state index contributed by atoms with van der Waals surface area (Å²) in [6.45, 7) is 5.76. The molecule has 0 saturated carbocycles. The molecule has 2 fully saturated rings. The lowest BCUT2D eigenvalue weighted by atomic mass is 10.0. The van der Waals surface area contributed by atoms with Crippen molar-refractivity contribution >= 4 is 17.7 Å². The van der Waals surface area contributed by atoms with Crippen LogP contribution < -0.4 is 5.32 Å². The molecule has 2 aliphatic rings. The van der Waals surface area contributed by atoms with Crippen molar-refractivity contribution in [2.75, 3.05) is 18.8 Å². The summed E-state index contributed by atoms with van der Waals surface area (Å²) in [4.78, 5) is 14.2. The highest BCUT2D eigenvalue weighted by Gasteiger charge is 2.33. The molecule has 2 saturated heterocycles. The second-order valence-electron chi connectivity index (χ2n) is 6.29. The van der Waals surface area contributed by atoms with Crippen LogP contribution in [0.2, 0.25) is 0 Å². The number of rotatable bonds is 4. The van der Waals surface area contributed by atoms with E-state index in [-0.39, 0.29) is 12.1 Å². The molecule has 0 radical (unpaired) electrons. The van der Waals surface area contributed by atoms with Gasteiger partial charge in [0.2, 0.25) is 5.91 Å². The molecule has 2 heterocycles. The number of thioether (sulfide) groups is 1. The van der Waals surface area contributed by atoms with Crippen LogP contribution >= 0.6 is 11.8 Å². The van der Waals surface area contributed by atoms with Gasteiger partial charge in [-0.25, -0.2) is 0 Å². The Kier molecular flexibility index (Phi) is 4.55. The van der Waals surface area contributed by atoms with Crippen molar-refractivity contribution in [1.29, 1.82) is 0 Å². The van der Waals surface area contributed by atoms with Crippen molar-refractivity contribution in [3.05, 3.63) is 35.4 Å². The summed E-state index contributed by atoms with van der Waals surface area (Å²) in [6.07, 6.45) is 2.59. The molecule has 1 aromatic carbocycles. The number of carbonyl (C=O) groups is 1. The summed E-state index contributed by atoms with van der Waals surface area (Å²) >= 11 is 2.01. The zero-order valence-electron chi connectivity index (χ0n) is 12.8. The van der Waals surface area contributed by atoms with E-state index >= 15 is 0 Å². The summed E-state index contributed by atoms with van der Waals surface area (Å²) in [5.41, 5.74) is 2.55. The molecule has 2 aliphatic heterocycles. The lowest BCUT2D eigenvalue weighted by Gasteiger charge is -2.27. The van der Waals surface area contributed by atoms with Gasteiger partial charge in [-0.05, 0) is 35.6 Å². The summed E-state index contributed by atoms with van der Waals surface area (Å²) in [7, 11) is 0. The normalized spacial score (nSPS) is 26.0. The predicted molar refractivity (Wildman–Crippen MR) is 88.5 cm³/mol. The monoisotopic (exact) mass is 304 g/mol. The number of nitrogens with zero attached hydrogens (tertiary/aromatic N) is 1. The van der Waals surface area contributed by atoms with Gasteiger partial charge in [-0.3, -0.25) is 10.1 Å². The molecule has 2 atom stereocenters. The van der Waals surface area contributed by atoms with E-state index in [1.54, 1.807) is 0 Å². The molecular formula is C17H24N2OS. The molecule has 0 spiro atoms. The van der Waals surface area contributed by atoms with Crippen LogP contribution in [0.15, 0.2) is 24.3 Å². The Bertz CT molecular complexity index is 494. The first kappa shape index (κ1) is 14.9. The Morgan fingerprint density at radius 3 is 2.71 bits per heavy atom. The van der Waals surface area contributed by atoms with Crippen LogP contribution in [0.5, 0.6) is 0 Å². The molecule has 0 aliphatic carbocycles. The fourth-order valence-corrected chi connectivity index (χ4v) is 4.38. The minimum absolute atomic E-state index is 0.0555. The Hall–Kier alpha value is -1.00. The van der Waals surface area contributed by atoms with E-state index in [1.807, 2.05) is 16.7 Å². The van der Waals surface area contributed by atoms with Crippen LogP contribution in [0, 0.1) is 0 Å². The van der Waals surface area contributed by atoms with Gasteiger partial charge in [0, 0.05) is 11.8 Å². The van der Waals surface area contributed by atoms with E-state index in [4.69, 9.17) is 0 Å². The average Bonchev–Trinajstić information content (AvgIpc) is 3.11. The Morgan fingerprint density at radius 2 is 2.10 bits per heavy atom. The van der Waals surface area contributed by atoms with E-state index in [0.717, 1.165) is 6.54 Å². The fourth-order valence-electron chi connectivity index (χ4n) is 3.12. The second kappa shape index (κ2) is 6.41. The first-order valence-corrected chi connectivity index (χ1v) is 8.94. The van der Waals surface area contributed by atoms with Crippen LogP contribution in [0.25, 0.3) is 0 Å². The Morgan fingerprint density at radius 1 is 1.33 bits per heavy atom. The number of hydrogen-bond acceptors (Lipinski definition) is 3. The van der Waals surface area contributed by atoms with Crippen molar-refractivity contribution < 1.29 is 4.79 Å². The first-order chi connectivity index (χ1) is 10.1. The molecule has 4 heteroatoms. The maximum atomic E-state index is 12.2. The van der Waals surface area contributed by atoms with E-state index < -0.39 is 0 Å². The van der Waals surface area contributed by atoms with Crippen molar-refractivity contribution in [3.8, 4) is 0 Å². The summed E-state index contributed by atoms with van der Waals surface area (Å²) in [6, 6.07) is 8.71. The molecule has 0 aromatic heterocycles. The van der Waals surface area contributed by atoms with Gasteiger partial charge in [0.1, 0.15) is 6.17 Å². The molecule has 21 heavy (non-hydrogen) atoms. The third-order valence-electron chi connectivity index (χ3n) is 4.42. The summed E-state index contributed by atoms with van der Waals surface area (Å²) in [5, 5.41) is 3.98. The number of carbonyl (C=O) groups excluding carboxylic acids is 1. The fraction of sp³-hybridized carbons (Fsp3) is 0.588. The largest absolute Gasteiger partial charge is 0.321 e. The molecular weight excluding hydrogens is 280 g/mol. The quantitative estimate of drug-likeness (QED) is 0.927. The molecule has 3 rings (SSSR count). The van der Waals surface area contributed by atoms with Crippen LogP contribution in [0.4, 0.5) is 0 Å². The third-order valence-corrected chi connectivity index (χ3v) is 5.80. The first-order valence-electron chi connectivity index (χ1n) is 7.89. The molecule has 0 bridgehead atoms. The van der Waals surface area contributed by atoms with Gasteiger partial charge in [0.15, 0.2) is 0 Å². The van der Waals surface area contributed by atoms with E-state index in [9.17, 15) is 4.79 Å². The minimum atomic E-state index is 0.0555. The number of hydrogen-bond donors (Lipinski definition) is 1. The minimum Gasteiger partial charge on any atom is -0.321 e. The maximum Gasteiger partial charge on any atom is 0.238 e. The van der Waals surface area contributed by atoms with Gasteiger partial charge in [-0.1, -0.05) is 38.1 Å². The van der Waals surface area contributed by atoms with Gasteiger partial charge < -0.3 is 4.90 Å². The van der Waals surface area contributed by atoms with Gasteiger partial charge in [-0.15, -0.1) is 0 Å². The smallest absolute Gasteiger partial charge is 0.238 e. The van der Waals surface area contributed by atoms with Crippen LogP contribution in [-0.4, -0.2) is 34.9 Å². The number of nitrogens with one attached hydrogen (secondary N) is 1. The van der Waals surface area contributed by atoms with Gasteiger partial charge in [-0.2, -0.15) is 11.8 Å². The SMILES string of the molecule is CC(C)c1ccc(C2NCC(=O)N2CC2CCCS2)cc1. The van der Waals surface area contributed by atoms with Crippen molar-refractivity contribution in [2.24, 2.45) is 0 Å². The lowest BCUT2D eigenvalue weighted by molar-refractivity contribution is -0.128. The Balaban J connectivity index is 1.74. The van der Waals surface area contributed by atoms with Crippen molar-refractivity contribution in [3.63, 3.8) is 0 Å². The topological polar surface area (TPSA) is 32.3 Å². The van der Waals surface area contributed by atoms with Crippen LogP contribution in [-0.2, 0) is 4.79 Å². The van der Waals surface area contributed by atoms with Gasteiger partial charge >= 0.3 is 0 Å². The van der Waals surface area contributed by atoms with Crippen LogP contribution in [0.3, 0.4) is 0 Å². The molecule has 2 unspecified atom stereocenters. The summed E-state index contributed by atoms with van der Waals surface area (Å²) < 4.78 is 0. The third kappa shape index (κ3) is 3.27. The van der Waals surface area contributed by atoms with E-state index in [1.165, 1.54) is 29.7 Å². The number of benzene rings is 1. The lowest BCUT2D eigenvalue weighted by Crippen LogP contribution is -2.35. The van der Waals surface area contributed by atoms with Gasteiger partial charge in [0.05, 0.1) is 6.54 Å². The van der Waals surface area contributed by atoms with Gasteiger partial charge in [0.25, 0.3) is 0 Å². The molecule has 1 aromatic rings. The van der Waals surface area contributed by atoms with Crippen LogP contribution in [0.1, 0.15) is 49.9 Å². The Labute approximate surface area is 131 Å². The highest BCUT2D eigenvalue weighted by atomic mass is 32.2. The maximum absolute atomic E-state index is 12.2. The van der Waals surface area contributed by atoms with E-state index in [0.29, 0.717) is 17.7 Å². The van der Waals surface area contributed by atoms with E-state index in [2.05, 4.69) is 43.4 Å².